The number of hydrogen-bond donors (Lipinski definition) is 1. The van der Waals surface area contributed by atoms with Crippen LogP contribution in [0.1, 0.15) is 42.4 Å². The van der Waals surface area contributed by atoms with Gasteiger partial charge >= 0.3 is 0 Å². The number of aliphatic hydroxyl groups is 1. The lowest BCUT2D eigenvalue weighted by molar-refractivity contribution is 0.0754. The number of hydrogen-bond acceptors (Lipinski definition) is 3. The van der Waals surface area contributed by atoms with Gasteiger partial charge < -0.3 is 10.0 Å². The van der Waals surface area contributed by atoms with Crippen LogP contribution in [0.3, 0.4) is 0 Å². The Morgan fingerprint density at radius 2 is 2.29 bits per heavy atom. The van der Waals surface area contributed by atoms with E-state index in [1.807, 2.05) is 6.07 Å². The lowest BCUT2D eigenvalue weighted by atomic mass is 10.1. The Kier molecular flexibility index (Phi) is 3.19. The molecule has 1 aromatic rings. The van der Waals surface area contributed by atoms with E-state index in [9.17, 15) is 9.90 Å². The maximum atomic E-state index is 12.2. The van der Waals surface area contributed by atoms with Gasteiger partial charge in [-0.15, -0.1) is 0 Å². The van der Waals surface area contributed by atoms with Crippen molar-refractivity contribution in [2.24, 2.45) is 7.05 Å². The fraction of sp³-hybridized carbons (Fsp3) is 0.667. The highest BCUT2D eigenvalue weighted by Crippen LogP contribution is 2.17. The molecule has 0 saturated carbocycles. The van der Waals surface area contributed by atoms with Gasteiger partial charge in [0.2, 0.25) is 0 Å². The van der Waals surface area contributed by atoms with Crippen LogP contribution in [0, 0.1) is 0 Å². The van der Waals surface area contributed by atoms with E-state index in [1.165, 1.54) is 0 Å². The standard InChI is InChI=1S/C12H19N3O2/c1-8(2)10-6-11(14(3)13-10)12(17)15-5-4-9(16)7-15/h6,8-9,16H,4-5,7H2,1-3H3/t9-/m1/s1. The van der Waals surface area contributed by atoms with Gasteiger partial charge in [-0.3, -0.25) is 9.48 Å². The smallest absolute Gasteiger partial charge is 0.272 e. The van der Waals surface area contributed by atoms with Gasteiger partial charge in [0.25, 0.3) is 5.91 Å². The minimum absolute atomic E-state index is 0.0385. The number of amides is 1. The van der Waals surface area contributed by atoms with Crippen molar-refractivity contribution in [2.75, 3.05) is 13.1 Å². The Balaban J connectivity index is 2.19. The van der Waals surface area contributed by atoms with E-state index < -0.39 is 0 Å². The maximum absolute atomic E-state index is 12.2. The summed E-state index contributed by atoms with van der Waals surface area (Å²) in [5, 5.41) is 13.8. The molecule has 5 nitrogen and oxygen atoms in total. The van der Waals surface area contributed by atoms with Crippen LogP contribution in [0.5, 0.6) is 0 Å². The van der Waals surface area contributed by atoms with Crippen LogP contribution in [0.4, 0.5) is 0 Å². The Bertz CT molecular complexity index is 425. The minimum atomic E-state index is -0.378. The molecule has 1 fully saturated rings. The van der Waals surface area contributed by atoms with Crippen LogP contribution in [0.2, 0.25) is 0 Å². The summed E-state index contributed by atoms with van der Waals surface area (Å²) in [5.74, 6) is 0.273. The monoisotopic (exact) mass is 237 g/mol. The van der Waals surface area contributed by atoms with Crippen LogP contribution < -0.4 is 0 Å². The molecule has 1 aliphatic rings. The average molecular weight is 237 g/mol. The Morgan fingerprint density at radius 1 is 1.59 bits per heavy atom. The van der Waals surface area contributed by atoms with Crippen molar-refractivity contribution < 1.29 is 9.90 Å². The van der Waals surface area contributed by atoms with E-state index in [0.29, 0.717) is 31.1 Å². The summed E-state index contributed by atoms with van der Waals surface area (Å²) in [6.45, 7) is 5.16. The Hall–Kier alpha value is -1.36. The maximum Gasteiger partial charge on any atom is 0.272 e. The number of likely N-dealkylation sites (tertiary alicyclic amines) is 1. The molecule has 0 aliphatic carbocycles. The second-order valence-corrected chi connectivity index (χ2v) is 4.93. The number of carbonyl (C=O) groups excluding carboxylic acids is 1. The van der Waals surface area contributed by atoms with E-state index >= 15 is 0 Å². The van der Waals surface area contributed by atoms with Crippen molar-refractivity contribution in [3.63, 3.8) is 0 Å². The highest BCUT2D eigenvalue weighted by Gasteiger charge is 2.27. The summed E-state index contributed by atoms with van der Waals surface area (Å²) in [6.07, 6.45) is 0.289. The number of aryl methyl sites for hydroxylation is 1. The molecule has 1 amide bonds. The van der Waals surface area contributed by atoms with Crippen molar-refractivity contribution in [1.29, 1.82) is 0 Å². The molecule has 0 spiro atoms. The average Bonchev–Trinajstić information content (AvgIpc) is 2.84. The number of nitrogens with zero attached hydrogens (tertiary/aromatic N) is 3. The largest absolute Gasteiger partial charge is 0.391 e. The zero-order valence-corrected chi connectivity index (χ0v) is 10.6. The predicted molar refractivity (Wildman–Crippen MR) is 63.8 cm³/mol. The van der Waals surface area contributed by atoms with Crippen molar-refractivity contribution in [3.05, 3.63) is 17.5 Å². The Morgan fingerprint density at radius 3 is 2.76 bits per heavy atom. The lowest BCUT2D eigenvalue weighted by Crippen LogP contribution is -2.31. The molecule has 1 atom stereocenters. The van der Waals surface area contributed by atoms with Gasteiger partial charge in [-0.25, -0.2) is 0 Å². The first-order valence-corrected chi connectivity index (χ1v) is 6.00. The molecule has 17 heavy (non-hydrogen) atoms. The number of β-amino-alcohol motifs (C(OH)–C–C–N with tert-alkyl or cyclic N) is 1. The number of carbonyl (C=O) groups is 1. The van der Waals surface area contributed by atoms with Crippen LogP contribution in [0.25, 0.3) is 0 Å². The highest BCUT2D eigenvalue weighted by atomic mass is 16.3. The summed E-state index contributed by atoms with van der Waals surface area (Å²) in [5.41, 5.74) is 1.53. The van der Waals surface area contributed by atoms with Crippen LogP contribution in [-0.2, 0) is 7.05 Å². The van der Waals surface area contributed by atoms with Crippen molar-refractivity contribution in [1.82, 2.24) is 14.7 Å². The topological polar surface area (TPSA) is 58.4 Å². The molecule has 0 unspecified atom stereocenters. The van der Waals surface area contributed by atoms with E-state index in [4.69, 9.17) is 0 Å². The molecule has 0 radical (unpaired) electrons. The Labute approximate surface area is 101 Å². The zero-order chi connectivity index (χ0) is 12.6. The summed E-state index contributed by atoms with van der Waals surface area (Å²) in [7, 11) is 1.78. The quantitative estimate of drug-likeness (QED) is 0.825. The molecule has 2 heterocycles. The van der Waals surface area contributed by atoms with E-state index in [2.05, 4.69) is 18.9 Å². The normalized spacial score (nSPS) is 20.3. The lowest BCUT2D eigenvalue weighted by Gasteiger charge is -2.14. The fourth-order valence-corrected chi connectivity index (χ4v) is 2.06. The highest BCUT2D eigenvalue weighted by molar-refractivity contribution is 5.93. The predicted octanol–water partition coefficient (Wildman–Crippen LogP) is 0.750. The van der Waals surface area contributed by atoms with Gasteiger partial charge in [0.1, 0.15) is 5.69 Å². The number of aliphatic hydroxyl groups excluding tert-OH is 1. The van der Waals surface area contributed by atoms with Gasteiger partial charge in [-0.2, -0.15) is 5.10 Å². The van der Waals surface area contributed by atoms with Crippen molar-refractivity contribution >= 4 is 5.91 Å². The molecular weight excluding hydrogens is 218 g/mol. The minimum Gasteiger partial charge on any atom is -0.391 e. The van der Waals surface area contributed by atoms with E-state index in [-0.39, 0.29) is 12.0 Å². The molecular formula is C12H19N3O2. The summed E-state index contributed by atoms with van der Waals surface area (Å²) in [6, 6.07) is 1.84. The first kappa shape index (κ1) is 12.1. The molecule has 2 rings (SSSR count). The molecule has 1 saturated heterocycles. The van der Waals surface area contributed by atoms with Gasteiger partial charge in [-0.05, 0) is 18.4 Å². The van der Waals surface area contributed by atoms with E-state index in [0.717, 1.165) is 5.69 Å². The fourth-order valence-electron chi connectivity index (χ4n) is 2.06. The molecule has 1 aliphatic heterocycles. The third-order valence-electron chi connectivity index (χ3n) is 3.16. The molecule has 5 heteroatoms. The van der Waals surface area contributed by atoms with Crippen molar-refractivity contribution in [2.45, 2.75) is 32.3 Å². The summed E-state index contributed by atoms with van der Waals surface area (Å²) in [4.78, 5) is 13.9. The molecule has 0 bridgehead atoms. The van der Waals surface area contributed by atoms with Crippen LogP contribution >= 0.6 is 0 Å². The first-order chi connectivity index (χ1) is 7.99. The molecule has 0 aromatic carbocycles. The first-order valence-electron chi connectivity index (χ1n) is 6.00. The summed E-state index contributed by atoms with van der Waals surface area (Å²) >= 11 is 0. The second-order valence-electron chi connectivity index (χ2n) is 4.93. The van der Waals surface area contributed by atoms with Crippen LogP contribution in [-0.4, -0.2) is 44.9 Å². The van der Waals surface area contributed by atoms with Gasteiger partial charge in [0.15, 0.2) is 0 Å². The van der Waals surface area contributed by atoms with Gasteiger partial charge in [0, 0.05) is 20.1 Å². The van der Waals surface area contributed by atoms with Crippen molar-refractivity contribution in [3.8, 4) is 0 Å². The third kappa shape index (κ3) is 2.34. The number of rotatable bonds is 2. The molecule has 1 aromatic heterocycles. The van der Waals surface area contributed by atoms with Gasteiger partial charge in [-0.1, -0.05) is 13.8 Å². The SMILES string of the molecule is CC(C)c1cc(C(=O)N2CC[C@@H](O)C2)n(C)n1. The molecule has 94 valence electrons. The van der Waals surface area contributed by atoms with E-state index in [1.54, 1.807) is 16.6 Å². The summed E-state index contributed by atoms with van der Waals surface area (Å²) < 4.78 is 1.63. The molecule has 1 N–H and O–H groups in total. The zero-order valence-electron chi connectivity index (χ0n) is 10.6. The second kappa shape index (κ2) is 4.49. The number of aromatic nitrogens is 2. The van der Waals surface area contributed by atoms with Gasteiger partial charge in [0.05, 0.1) is 11.8 Å². The van der Waals surface area contributed by atoms with Crippen LogP contribution in [0.15, 0.2) is 6.07 Å². The third-order valence-corrected chi connectivity index (χ3v) is 3.16.